The van der Waals surface area contributed by atoms with Gasteiger partial charge in [0, 0.05) is 30.8 Å². The Hall–Kier alpha value is -2.23. The summed E-state index contributed by atoms with van der Waals surface area (Å²) < 4.78 is 40.3. The molecule has 1 unspecified atom stereocenters. The van der Waals surface area contributed by atoms with Crippen molar-refractivity contribution in [1.29, 1.82) is 0 Å². The zero-order valence-corrected chi connectivity index (χ0v) is 21.0. The Labute approximate surface area is 200 Å². The maximum Gasteiger partial charge on any atom is 0.305 e. The maximum absolute atomic E-state index is 13.4. The van der Waals surface area contributed by atoms with Gasteiger partial charge in [0.15, 0.2) is 0 Å². The number of ether oxygens (including phenoxy) is 2. The van der Waals surface area contributed by atoms with Crippen LogP contribution < -0.4 is 14.4 Å². The molecule has 1 N–H and O–H groups in total. The van der Waals surface area contributed by atoms with Crippen LogP contribution in [0, 0.1) is 0 Å². The number of rotatable bonds is 10. The smallest absolute Gasteiger partial charge is 0.305 e. The molecule has 2 aromatic carbocycles. The number of methoxy groups -OCH3 is 1. The van der Waals surface area contributed by atoms with E-state index >= 15 is 0 Å². The highest BCUT2D eigenvalue weighted by Gasteiger charge is 2.33. The monoisotopic (exact) mass is 492 g/mol. The maximum atomic E-state index is 13.4. The molecule has 1 atom stereocenters. The van der Waals surface area contributed by atoms with Crippen molar-refractivity contribution in [3.05, 3.63) is 42.5 Å². The fourth-order valence-corrected chi connectivity index (χ4v) is 5.84. The first-order valence-corrected chi connectivity index (χ1v) is 13.9. The second-order valence-electron chi connectivity index (χ2n) is 7.91. The molecule has 0 fully saturated rings. The third-order valence-corrected chi connectivity index (χ3v) is 7.84. The van der Waals surface area contributed by atoms with Gasteiger partial charge >= 0.3 is 5.97 Å². The first-order valence-electron chi connectivity index (χ1n) is 11.2. The number of thioether (sulfide) groups is 1. The van der Waals surface area contributed by atoms with E-state index in [1.807, 2.05) is 42.7 Å². The lowest BCUT2D eigenvalue weighted by Crippen LogP contribution is -2.39. The van der Waals surface area contributed by atoms with Crippen molar-refractivity contribution in [2.24, 2.45) is 0 Å². The topological polar surface area (TPSA) is 84.9 Å². The van der Waals surface area contributed by atoms with Crippen LogP contribution in [0.25, 0.3) is 0 Å². The summed E-state index contributed by atoms with van der Waals surface area (Å²) >= 11 is 1.50. The minimum Gasteiger partial charge on any atom is -0.492 e. The summed E-state index contributed by atoms with van der Waals surface area (Å²) in [6.45, 7) is 2.93. The van der Waals surface area contributed by atoms with Gasteiger partial charge in [0.1, 0.15) is 10.6 Å². The number of sulfonamides is 1. The van der Waals surface area contributed by atoms with Crippen LogP contribution in [0.5, 0.6) is 5.75 Å². The van der Waals surface area contributed by atoms with Gasteiger partial charge in [0.25, 0.3) is 0 Å². The first-order chi connectivity index (χ1) is 15.9. The minimum absolute atomic E-state index is 0.200. The molecule has 33 heavy (non-hydrogen) atoms. The van der Waals surface area contributed by atoms with Crippen molar-refractivity contribution >= 4 is 39.1 Å². The fourth-order valence-electron chi connectivity index (χ4n) is 3.82. The van der Waals surface area contributed by atoms with E-state index in [0.717, 1.165) is 29.8 Å². The quantitative estimate of drug-likeness (QED) is 0.292. The summed E-state index contributed by atoms with van der Waals surface area (Å²) in [5, 5.41) is 0. The molecule has 3 rings (SSSR count). The number of fused-ring (bicyclic) bond motifs is 1. The van der Waals surface area contributed by atoms with Gasteiger partial charge in [-0.05, 0) is 37.3 Å². The van der Waals surface area contributed by atoms with Gasteiger partial charge in [-0.2, -0.15) is 0 Å². The first kappa shape index (κ1) is 25.4. The molecule has 0 aliphatic carbocycles. The third-order valence-electron chi connectivity index (χ3n) is 5.53. The van der Waals surface area contributed by atoms with Crippen LogP contribution in [-0.4, -0.2) is 46.9 Å². The molecule has 9 heteroatoms. The second-order valence-corrected chi connectivity index (χ2v) is 10.4. The Balaban J connectivity index is 2.00. The van der Waals surface area contributed by atoms with Gasteiger partial charge in [0.05, 0.1) is 24.3 Å². The highest BCUT2D eigenvalue weighted by atomic mass is 32.2. The van der Waals surface area contributed by atoms with Crippen molar-refractivity contribution in [3.63, 3.8) is 0 Å². The summed E-state index contributed by atoms with van der Waals surface area (Å²) in [5.41, 5.74) is 1.58. The van der Waals surface area contributed by atoms with E-state index in [9.17, 15) is 13.2 Å². The van der Waals surface area contributed by atoms with E-state index in [-0.39, 0.29) is 29.9 Å². The zero-order valence-electron chi connectivity index (χ0n) is 19.4. The lowest BCUT2D eigenvalue weighted by Gasteiger charge is -2.27. The Bertz CT molecular complexity index is 1040. The van der Waals surface area contributed by atoms with E-state index in [1.54, 1.807) is 6.07 Å². The number of anilines is 2. The van der Waals surface area contributed by atoms with E-state index < -0.39 is 10.0 Å². The number of para-hydroxylation sites is 1. The highest BCUT2D eigenvalue weighted by molar-refractivity contribution is 7.98. The summed E-state index contributed by atoms with van der Waals surface area (Å²) in [6.07, 6.45) is 5.37. The standard InChI is InChI=1S/C24H32N2O5S2/c1-4-5-10-18-17-26(19-11-7-6-8-12-19)20-15-22(32-3)21(16-23(20)33(28,29)25-18)31-14-9-13-24(27)30-2/h6-8,11-12,15-16,18,25H,4-5,9-10,13-14,17H2,1-3H3. The molecule has 0 radical (unpaired) electrons. The lowest BCUT2D eigenvalue weighted by atomic mass is 10.1. The largest absolute Gasteiger partial charge is 0.492 e. The number of unbranched alkanes of at least 4 members (excludes halogenated alkanes) is 1. The summed E-state index contributed by atoms with van der Waals surface area (Å²) in [5.74, 6) is 0.200. The molecule has 7 nitrogen and oxygen atoms in total. The minimum atomic E-state index is -3.75. The van der Waals surface area contributed by atoms with Gasteiger partial charge in [-0.15, -0.1) is 11.8 Å². The van der Waals surface area contributed by atoms with E-state index in [0.29, 0.717) is 24.4 Å². The molecule has 1 heterocycles. The van der Waals surface area contributed by atoms with Crippen molar-refractivity contribution in [2.45, 2.75) is 54.9 Å². The van der Waals surface area contributed by atoms with Crippen LogP contribution in [0.3, 0.4) is 0 Å². The molecule has 0 amide bonds. The van der Waals surface area contributed by atoms with Crippen molar-refractivity contribution in [1.82, 2.24) is 4.72 Å². The van der Waals surface area contributed by atoms with E-state index in [4.69, 9.17) is 4.74 Å². The van der Waals surface area contributed by atoms with Crippen LogP contribution in [0.1, 0.15) is 39.0 Å². The molecular formula is C24H32N2O5S2. The van der Waals surface area contributed by atoms with E-state index in [2.05, 4.69) is 21.3 Å². The molecule has 0 bridgehead atoms. The van der Waals surface area contributed by atoms with Gasteiger partial charge in [-0.25, -0.2) is 13.1 Å². The zero-order chi connectivity index (χ0) is 23.8. The molecular weight excluding hydrogens is 460 g/mol. The van der Waals surface area contributed by atoms with Crippen molar-refractivity contribution in [2.75, 3.05) is 31.4 Å². The Morgan fingerprint density at radius 1 is 1.21 bits per heavy atom. The van der Waals surface area contributed by atoms with Crippen molar-refractivity contribution in [3.8, 4) is 5.75 Å². The molecule has 2 aromatic rings. The number of hydrogen-bond donors (Lipinski definition) is 1. The van der Waals surface area contributed by atoms with Crippen LogP contribution in [0.4, 0.5) is 11.4 Å². The SMILES string of the molecule is CCCCC1CN(c2ccccc2)c2cc(SC)c(OCCCC(=O)OC)cc2S(=O)(=O)N1. The second kappa shape index (κ2) is 11.8. The number of nitrogens with one attached hydrogen (secondary N) is 1. The van der Waals surface area contributed by atoms with Crippen LogP contribution >= 0.6 is 11.8 Å². The molecule has 0 saturated carbocycles. The number of hydrogen-bond acceptors (Lipinski definition) is 7. The molecule has 1 aliphatic heterocycles. The molecule has 0 saturated heterocycles. The summed E-state index contributed by atoms with van der Waals surface area (Å²) in [6, 6.07) is 13.1. The average Bonchev–Trinajstić information content (AvgIpc) is 2.93. The molecule has 0 aromatic heterocycles. The number of benzene rings is 2. The van der Waals surface area contributed by atoms with Gasteiger partial charge in [0.2, 0.25) is 10.0 Å². The van der Waals surface area contributed by atoms with Gasteiger partial charge < -0.3 is 14.4 Å². The Morgan fingerprint density at radius 2 is 1.97 bits per heavy atom. The summed E-state index contributed by atoms with van der Waals surface area (Å²) in [4.78, 5) is 14.5. The molecule has 0 spiro atoms. The fraction of sp³-hybridized carbons (Fsp3) is 0.458. The average molecular weight is 493 g/mol. The number of carbonyl (C=O) groups is 1. The lowest BCUT2D eigenvalue weighted by molar-refractivity contribution is -0.140. The summed E-state index contributed by atoms with van der Waals surface area (Å²) in [7, 11) is -2.40. The highest BCUT2D eigenvalue weighted by Crippen LogP contribution is 2.41. The third kappa shape index (κ3) is 6.43. The van der Waals surface area contributed by atoms with E-state index in [1.165, 1.54) is 18.9 Å². The van der Waals surface area contributed by atoms with Crippen LogP contribution in [0.2, 0.25) is 0 Å². The predicted octanol–water partition coefficient (Wildman–Crippen LogP) is 4.73. The molecule has 1 aliphatic rings. The van der Waals surface area contributed by atoms with Gasteiger partial charge in [-0.3, -0.25) is 4.79 Å². The Kier molecular flexibility index (Phi) is 9.05. The normalized spacial score (nSPS) is 17.2. The Morgan fingerprint density at radius 3 is 2.64 bits per heavy atom. The van der Waals surface area contributed by atoms with Crippen LogP contribution in [-0.2, 0) is 19.6 Å². The molecule has 180 valence electrons. The number of carbonyl (C=O) groups excluding carboxylic acids is 1. The number of nitrogens with zero attached hydrogens (tertiary/aromatic N) is 1. The number of esters is 1. The van der Waals surface area contributed by atoms with Crippen molar-refractivity contribution < 1.29 is 22.7 Å². The van der Waals surface area contributed by atoms with Crippen LogP contribution in [0.15, 0.2) is 52.3 Å². The predicted molar refractivity (Wildman–Crippen MR) is 132 cm³/mol. The van der Waals surface area contributed by atoms with Gasteiger partial charge in [-0.1, -0.05) is 38.0 Å².